The van der Waals surface area contributed by atoms with Crippen molar-refractivity contribution in [1.29, 1.82) is 0 Å². The van der Waals surface area contributed by atoms with Crippen LogP contribution >= 0.6 is 0 Å². The van der Waals surface area contributed by atoms with E-state index in [4.69, 9.17) is 4.74 Å². The normalized spacial score (nSPS) is 18.9. The van der Waals surface area contributed by atoms with Gasteiger partial charge in [0.15, 0.2) is 0 Å². The molecule has 0 spiro atoms. The number of rotatable bonds is 5. The van der Waals surface area contributed by atoms with Crippen LogP contribution in [0.1, 0.15) is 26.2 Å². The second kappa shape index (κ2) is 6.00. The highest BCUT2D eigenvalue weighted by atomic mass is 16.5. The van der Waals surface area contributed by atoms with Gasteiger partial charge in [-0.3, -0.25) is 0 Å². The maximum atomic E-state index is 5.74. The van der Waals surface area contributed by atoms with Gasteiger partial charge in [-0.15, -0.1) is 0 Å². The Balaban J connectivity index is 1.88. The molecule has 0 radical (unpaired) electrons. The predicted octanol–water partition coefficient (Wildman–Crippen LogP) is 2.70. The summed E-state index contributed by atoms with van der Waals surface area (Å²) < 4.78 is 5.74. The second-order valence-electron chi connectivity index (χ2n) is 5.31. The first-order valence-corrected chi connectivity index (χ1v) is 7.47. The van der Waals surface area contributed by atoms with E-state index in [0.29, 0.717) is 0 Å². The van der Waals surface area contributed by atoms with Crippen molar-refractivity contribution < 1.29 is 4.74 Å². The highest BCUT2D eigenvalue weighted by molar-refractivity contribution is 5.68. The monoisotopic (exact) mass is 267 g/mol. The van der Waals surface area contributed by atoms with Gasteiger partial charge in [-0.25, -0.2) is 0 Å². The van der Waals surface area contributed by atoms with Crippen molar-refractivity contribution in [2.24, 2.45) is 0 Å². The lowest BCUT2D eigenvalue weighted by atomic mass is 9.99. The van der Waals surface area contributed by atoms with Crippen molar-refractivity contribution >= 4 is 17.5 Å². The molecular weight excluding hydrogens is 246 g/mol. The minimum Gasteiger partial charge on any atom is -0.489 e. The van der Waals surface area contributed by atoms with Gasteiger partial charge in [0.2, 0.25) is 0 Å². The summed E-state index contributed by atoms with van der Waals surface area (Å²) in [6, 6.07) is 6.51. The van der Waals surface area contributed by atoms with Crippen LogP contribution in [0.15, 0.2) is 42.5 Å². The summed E-state index contributed by atoms with van der Waals surface area (Å²) in [5, 5.41) is 5.96. The van der Waals surface area contributed by atoms with Crippen LogP contribution in [0, 0.1) is 0 Å². The molecule has 1 heterocycles. The van der Waals surface area contributed by atoms with Gasteiger partial charge in [-0.2, -0.15) is 0 Å². The van der Waals surface area contributed by atoms with E-state index in [1.165, 1.54) is 35.7 Å². The summed E-state index contributed by atoms with van der Waals surface area (Å²) in [6.45, 7) is 3.27. The third-order valence-electron chi connectivity index (χ3n) is 3.79. The largest absolute Gasteiger partial charge is 0.489 e. The average molecular weight is 267 g/mol. The van der Waals surface area contributed by atoms with Crippen molar-refractivity contribution in [2.45, 2.75) is 32.3 Å². The molecular formula is C18H21NO. The van der Waals surface area contributed by atoms with Crippen LogP contribution < -0.4 is 15.8 Å². The van der Waals surface area contributed by atoms with Gasteiger partial charge in [0, 0.05) is 23.0 Å². The molecule has 1 N–H and O–H groups in total. The van der Waals surface area contributed by atoms with Gasteiger partial charge in [-0.05, 0) is 35.9 Å². The Morgan fingerprint density at radius 3 is 3.05 bits per heavy atom. The zero-order valence-corrected chi connectivity index (χ0v) is 11.9. The van der Waals surface area contributed by atoms with Gasteiger partial charge in [-0.1, -0.05) is 38.0 Å². The molecule has 1 aliphatic heterocycles. The fourth-order valence-corrected chi connectivity index (χ4v) is 2.66. The minimum atomic E-state index is 0.0721. The first-order valence-electron chi connectivity index (χ1n) is 7.47. The standard InChI is InChI=1S/C18H21NO/c1-2-3-6-11-19-15-10-9-14-13-20-18-8-5-4-7-16(18)17(14)12-15/h4-5,7-10,12-13,18-19H,2-3,6,11H2,1H3. The molecule has 3 rings (SSSR count). The molecule has 20 heavy (non-hydrogen) atoms. The average Bonchev–Trinajstić information content (AvgIpc) is 2.51. The van der Waals surface area contributed by atoms with Gasteiger partial charge < -0.3 is 10.1 Å². The summed E-state index contributed by atoms with van der Waals surface area (Å²) in [5.41, 5.74) is 2.45. The summed E-state index contributed by atoms with van der Waals surface area (Å²) in [5.74, 6) is 0. The van der Waals surface area contributed by atoms with Crippen molar-refractivity contribution in [3.05, 3.63) is 52.9 Å². The van der Waals surface area contributed by atoms with Crippen LogP contribution in [-0.4, -0.2) is 12.6 Å². The molecule has 1 aliphatic carbocycles. The van der Waals surface area contributed by atoms with Crippen LogP contribution in [0.5, 0.6) is 0 Å². The molecule has 2 aliphatic rings. The van der Waals surface area contributed by atoms with Crippen LogP contribution in [0.4, 0.5) is 5.69 Å². The third kappa shape index (κ3) is 2.64. The second-order valence-corrected chi connectivity index (χ2v) is 5.31. The van der Waals surface area contributed by atoms with E-state index in [9.17, 15) is 0 Å². The topological polar surface area (TPSA) is 21.3 Å². The van der Waals surface area contributed by atoms with Crippen LogP contribution in [-0.2, 0) is 4.74 Å². The first-order chi connectivity index (χ1) is 9.88. The number of ether oxygens (including phenoxy) is 1. The molecule has 1 aromatic rings. The molecule has 0 saturated heterocycles. The van der Waals surface area contributed by atoms with Crippen molar-refractivity contribution in [3.63, 3.8) is 0 Å². The highest BCUT2D eigenvalue weighted by Gasteiger charge is 2.15. The minimum absolute atomic E-state index is 0.0721. The Bertz CT molecular complexity index is 654. The Labute approximate surface area is 120 Å². The van der Waals surface area contributed by atoms with E-state index in [0.717, 1.165) is 11.8 Å². The van der Waals surface area contributed by atoms with Crippen LogP contribution in [0.25, 0.3) is 11.8 Å². The van der Waals surface area contributed by atoms with Gasteiger partial charge in [0.1, 0.15) is 6.10 Å². The molecule has 1 atom stereocenters. The summed E-state index contributed by atoms with van der Waals surface area (Å²) in [4.78, 5) is 0. The van der Waals surface area contributed by atoms with E-state index in [1.54, 1.807) is 0 Å². The maximum absolute atomic E-state index is 5.74. The molecule has 0 aromatic heterocycles. The molecule has 0 amide bonds. The van der Waals surface area contributed by atoms with Crippen molar-refractivity contribution in [1.82, 2.24) is 0 Å². The molecule has 2 nitrogen and oxygen atoms in total. The lowest BCUT2D eigenvalue weighted by Crippen LogP contribution is -2.35. The number of fused-ring (bicyclic) bond motifs is 2. The fourth-order valence-electron chi connectivity index (χ4n) is 2.66. The summed E-state index contributed by atoms with van der Waals surface area (Å²) in [6.07, 6.45) is 14.1. The van der Waals surface area contributed by atoms with Gasteiger partial charge in [0.25, 0.3) is 0 Å². The first kappa shape index (κ1) is 13.0. The zero-order chi connectivity index (χ0) is 13.8. The number of allylic oxidation sites excluding steroid dienone is 2. The Hall–Kier alpha value is -1.96. The smallest absolute Gasteiger partial charge is 0.142 e. The molecule has 104 valence electrons. The molecule has 1 unspecified atom stereocenters. The van der Waals surface area contributed by atoms with Gasteiger partial charge in [0.05, 0.1) is 6.26 Å². The van der Waals surface area contributed by atoms with Crippen molar-refractivity contribution in [2.75, 3.05) is 11.9 Å². The highest BCUT2D eigenvalue weighted by Crippen LogP contribution is 2.17. The summed E-state index contributed by atoms with van der Waals surface area (Å²) >= 11 is 0. The Kier molecular flexibility index (Phi) is 3.91. The van der Waals surface area contributed by atoms with E-state index in [1.807, 2.05) is 12.3 Å². The summed E-state index contributed by atoms with van der Waals surface area (Å²) in [7, 11) is 0. The number of unbranched alkanes of at least 4 members (excludes halogenated alkanes) is 2. The van der Waals surface area contributed by atoms with Crippen LogP contribution in [0.2, 0.25) is 0 Å². The SMILES string of the molecule is CCCCCNc1ccc2c(c1)=C1C=CC=CC1OC=2. The van der Waals surface area contributed by atoms with E-state index in [2.05, 4.69) is 48.7 Å². The lowest BCUT2D eigenvalue weighted by Gasteiger charge is -2.20. The van der Waals surface area contributed by atoms with Crippen LogP contribution in [0.3, 0.4) is 0 Å². The Morgan fingerprint density at radius 1 is 1.20 bits per heavy atom. The molecule has 0 bridgehead atoms. The number of hydrogen-bond acceptors (Lipinski definition) is 2. The van der Waals surface area contributed by atoms with E-state index in [-0.39, 0.29) is 6.10 Å². The Morgan fingerprint density at radius 2 is 2.15 bits per heavy atom. The van der Waals surface area contributed by atoms with Crippen molar-refractivity contribution in [3.8, 4) is 0 Å². The number of anilines is 1. The van der Waals surface area contributed by atoms with Gasteiger partial charge >= 0.3 is 0 Å². The lowest BCUT2D eigenvalue weighted by molar-refractivity contribution is 0.275. The zero-order valence-electron chi connectivity index (χ0n) is 11.9. The predicted molar refractivity (Wildman–Crippen MR) is 84.7 cm³/mol. The maximum Gasteiger partial charge on any atom is 0.142 e. The number of nitrogens with one attached hydrogen (secondary N) is 1. The number of hydrogen-bond donors (Lipinski definition) is 1. The quantitative estimate of drug-likeness (QED) is 0.828. The molecule has 1 aromatic carbocycles. The number of benzene rings is 1. The van der Waals surface area contributed by atoms with E-state index >= 15 is 0 Å². The molecule has 0 saturated carbocycles. The third-order valence-corrected chi connectivity index (χ3v) is 3.79. The fraction of sp³-hybridized carbons (Fsp3) is 0.333. The molecule has 0 fully saturated rings. The molecule has 2 heteroatoms. The van der Waals surface area contributed by atoms with E-state index < -0.39 is 0 Å².